The molecule has 1 amide bonds. The lowest BCUT2D eigenvalue weighted by Gasteiger charge is -2.17. The number of hydrogen-bond donors (Lipinski definition) is 1. The Bertz CT molecular complexity index is 962. The highest BCUT2D eigenvalue weighted by molar-refractivity contribution is 8.01. The number of aromatic nitrogens is 3. The van der Waals surface area contributed by atoms with E-state index in [1.807, 2.05) is 6.92 Å². The largest absolute Gasteiger partial charge is 0.369 e. The molecule has 0 aromatic carbocycles. The van der Waals surface area contributed by atoms with E-state index in [4.69, 9.17) is 5.73 Å². The lowest BCUT2D eigenvalue weighted by atomic mass is 9.89. The van der Waals surface area contributed by atoms with Crippen LogP contribution in [-0.2, 0) is 24.1 Å². The third kappa shape index (κ3) is 3.30. The summed E-state index contributed by atoms with van der Waals surface area (Å²) in [5, 5.41) is 2.17. The van der Waals surface area contributed by atoms with Crippen LogP contribution in [0.15, 0.2) is 15.7 Å². The van der Waals surface area contributed by atoms with Crippen molar-refractivity contribution in [2.45, 2.75) is 48.9 Å². The van der Waals surface area contributed by atoms with Crippen molar-refractivity contribution in [3.8, 4) is 0 Å². The van der Waals surface area contributed by atoms with Gasteiger partial charge in [-0.3, -0.25) is 4.79 Å². The van der Waals surface area contributed by atoms with Crippen molar-refractivity contribution < 1.29 is 4.79 Å². The zero-order valence-electron chi connectivity index (χ0n) is 14.0. The van der Waals surface area contributed by atoms with Crippen LogP contribution in [0.1, 0.15) is 34.4 Å². The third-order valence-electron chi connectivity index (χ3n) is 4.45. The Kier molecular flexibility index (Phi) is 4.51. The summed E-state index contributed by atoms with van der Waals surface area (Å²) >= 11 is 4.90. The maximum Gasteiger partial charge on any atom is 0.222 e. The van der Waals surface area contributed by atoms with Crippen LogP contribution in [0.3, 0.4) is 0 Å². The molecule has 4 rings (SSSR count). The van der Waals surface area contributed by atoms with Gasteiger partial charge < -0.3 is 5.73 Å². The van der Waals surface area contributed by atoms with Crippen LogP contribution >= 0.6 is 34.4 Å². The smallest absolute Gasteiger partial charge is 0.222 e. The first-order valence-corrected chi connectivity index (χ1v) is 10.6. The Balaban J connectivity index is 1.71. The highest BCUT2D eigenvalue weighted by Crippen LogP contribution is 2.42. The molecule has 0 fully saturated rings. The molecule has 1 aliphatic carbocycles. The number of fused-ring (bicyclic) bond motifs is 3. The monoisotopic (exact) mass is 390 g/mol. The van der Waals surface area contributed by atoms with Gasteiger partial charge in [0.2, 0.25) is 5.91 Å². The SMILES string of the molecule is Cc1nc(Sc2ncnc3sc4c(c23)CC[C@@H](C)C4)sc1CC(N)=O. The molecule has 0 bridgehead atoms. The van der Waals surface area contributed by atoms with E-state index in [9.17, 15) is 4.79 Å². The molecule has 2 N–H and O–H groups in total. The summed E-state index contributed by atoms with van der Waals surface area (Å²) in [4.78, 5) is 28.3. The molecule has 0 unspecified atom stereocenters. The number of thiazole rings is 1. The molecule has 0 saturated carbocycles. The fraction of sp³-hybridized carbons (Fsp3) is 0.412. The van der Waals surface area contributed by atoms with Crippen molar-refractivity contribution in [2.24, 2.45) is 11.7 Å². The molecular weight excluding hydrogens is 372 g/mol. The fourth-order valence-corrected chi connectivity index (χ4v) is 6.86. The second-order valence-electron chi connectivity index (χ2n) is 6.44. The molecule has 1 atom stereocenters. The van der Waals surface area contributed by atoms with Crippen LogP contribution in [0, 0.1) is 12.8 Å². The van der Waals surface area contributed by atoms with Crippen LogP contribution < -0.4 is 5.73 Å². The lowest BCUT2D eigenvalue weighted by Crippen LogP contribution is -2.13. The Hall–Kier alpha value is -1.51. The van der Waals surface area contributed by atoms with Gasteiger partial charge >= 0.3 is 0 Å². The first-order valence-electron chi connectivity index (χ1n) is 8.19. The van der Waals surface area contributed by atoms with Gasteiger partial charge in [0.25, 0.3) is 0 Å². The van der Waals surface area contributed by atoms with E-state index in [1.54, 1.807) is 29.4 Å². The van der Waals surface area contributed by atoms with Gasteiger partial charge in [-0.25, -0.2) is 15.0 Å². The van der Waals surface area contributed by atoms with Gasteiger partial charge in [0.05, 0.1) is 12.1 Å². The molecule has 0 radical (unpaired) electrons. The number of primary amides is 1. The summed E-state index contributed by atoms with van der Waals surface area (Å²) in [5.41, 5.74) is 7.61. The molecule has 3 heterocycles. The number of carbonyl (C=O) groups excluding carboxylic acids is 1. The molecule has 0 saturated heterocycles. The van der Waals surface area contributed by atoms with Gasteiger partial charge in [-0.15, -0.1) is 22.7 Å². The minimum atomic E-state index is -0.325. The van der Waals surface area contributed by atoms with Crippen molar-refractivity contribution in [3.63, 3.8) is 0 Å². The van der Waals surface area contributed by atoms with Gasteiger partial charge in [0.15, 0.2) is 4.34 Å². The first-order chi connectivity index (χ1) is 12.0. The fourth-order valence-electron chi connectivity index (χ4n) is 3.17. The number of nitrogens with two attached hydrogens (primary N) is 1. The van der Waals surface area contributed by atoms with E-state index in [1.165, 1.54) is 33.6 Å². The Labute approximate surface area is 158 Å². The zero-order valence-corrected chi connectivity index (χ0v) is 16.5. The summed E-state index contributed by atoms with van der Waals surface area (Å²) in [6.07, 6.45) is 5.34. The summed E-state index contributed by atoms with van der Waals surface area (Å²) in [7, 11) is 0. The standard InChI is InChI=1S/C17H18N4OS3/c1-8-3-4-10-12(5-8)23-15-14(10)16(20-7-19-15)25-17-21-9(2)11(24-17)6-13(18)22/h7-8H,3-6H2,1-2H3,(H2,18,22)/t8-/m1/s1. The highest BCUT2D eigenvalue weighted by atomic mass is 32.2. The molecule has 130 valence electrons. The summed E-state index contributed by atoms with van der Waals surface area (Å²) in [6, 6.07) is 0. The molecular formula is C17H18N4OS3. The predicted molar refractivity (Wildman–Crippen MR) is 102 cm³/mol. The van der Waals surface area contributed by atoms with Crippen LogP contribution in [0.4, 0.5) is 0 Å². The van der Waals surface area contributed by atoms with Crippen molar-refractivity contribution in [2.75, 3.05) is 0 Å². The van der Waals surface area contributed by atoms with Gasteiger partial charge in [0.1, 0.15) is 16.2 Å². The molecule has 25 heavy (non-hydrogen) atoms. The number of aryl methyl sites for hydroxylation is 2. The van der Waals surface area contributed by atoms with Crippen LogP contribution in [0.2, 0.25) is 0 Å². The third-order valence-corrected chi connectivity index (χ3v) is 7.83. The van der Waals surface area contributed by atoms with E-state index < -0.39 is 0 Å². The maximum absolute atomic E-state index is 11.2. The van der Waals surface area contributed by atoms with Crippen LogP contribution in [0.25, 0.3) is 10.2 Å². The number of nitrogens with zero attached hydrogens (tertiary/aromatic N) is 3. The molecule has 1 aliphatic rings. The van der Waals surface area contributed by atoms with Gasteiger partial charge in [-0.2, -0.15) is 0 Å². The minimum absolute atomic E-state index is 0.245. The second kappa shape index (κ2) is 6.66. The zero-order chi connectivity index (χ0) is 17.6. The normalized spacial score (nSPS) is 17.0. The quantitative estimate of drug-likeness (QED) is 0.686. The van der Waals surface area contributed by atoms with E-state index in [-0.39, 0.29) is 12.3 Å². The average molecular weight is 391 g/mol. The van der Waals surface area contributed by atoms with Gasteiger partial charge in [0, 0.05) is 15.1 Å². The van der Waals surface area contributed by atoms with E-state index in [0.29, 0.717) is 0 Å². The highest BCUT2D eigenvalue weighted by Gasteiger charge is 2.24. The molecule has 0 spiro atoms. The number of carbonyl (C=O) groups is 1. The summed E-state index contributed by atoms with van der Waals surface area (Å²) in [6.45, 7) is 4.23. The van der Waals surface area contributed by atoms with Crippen molar-refractivity contribution in [1.82, 2.24) is 15.0 Å². The predicted octanol–water partition coefficient (Wildman–Crippen LogP) is 3.76. The summed E-state index contributed by atoms with van der Waals surface area (Å²) in [5.74, 6) is 0.413. The summed E-state index contributed by atoms with van der Waals surface area (Å²) < 4.78 is 0.901. The number of amides is 1. The van der Waals surface area contributed by atoms with Crippen LogP contribution in [-0.4, -0.2) is 20.9 Å². The average Bonchev–Trinajstić information content (AvgIpc) is 3.07. The first kappa shape index (κ1) is 16.9. The topological polar surface area (TPSA) is 81.8 Å². The van der Waals surface area contributed by atoms with Crippen LogP contribution in [0.5, 0.6) is 0 Å². The molecule has 3 aromatic heterocycles. The molecule has 0 aliphatic heterocycles. The molecule has 8 heteroatoms. The number of hydrogen-bond acceptors (Lipinski definition) is 7. The Morgan fingerprint density at radius 1 is 1.40 bits per heavy atom. The number of rotatable bonds is 4. The van der Waals surface area contributed by atoms with E-state index in [0.717, 1.165) is 43.5 Å². The van der Waals surface area contributed by atoms with E-state index >= 15 is 0 Å². The van der Waals surface area contributed by atoms with Crippen molar-refractivity contribution >= 4 is 50.6 Å². The number of thiophene rings is 1. The Morgan fingerprint density at radius 3 is 3.04 bits per heavy atom. The lowest BCUT2D eigenvalue weighted by molar-refractivity contribution is -0.117. The minimum Gasteiger partial charge on any atom is -0.369 e. The van der Waals surface area contributed by atoms with Crippen molar-refractivity contribution in [3.05, 3.63) is 27.3 Å². The van der Waals surface area contributed by atoms with Gasteiger partial charge in [-0.05, 0) is 49.4 Å². The van der Waals surface area contributed by atoms with Crippen molar-refractivity contribution in [1.29, 1.82) is 0 Å². The second-order valence-corrected chi connectivity index (χ2v) is 9.85. The molecule has 3 aromatic rings. The maximum atomic E-state index is 11.2. The Morgan fingerprint density at radius 2 is 2.24 bits per heavy atom. The van der Waals surface area contributed by atoms with E-state index in [2.05, 4.69) is 21.9 Å². The molecule has 5 nitrogen and oxygen atoms in total. The van der Waals surface area contributed by atoms with Gasteiger partial charge in [-0.1, -0.05) is 6.92 Å².